The molecular formula is C2N2S2. The van der Waals surface area contributed by atoms with Gasteiger partial charge in [0, 0.05) is 0 Å². The van der Waals surface area contributed by atoms with Gasteiger partial charge in [-0.05, 0) is 12.2 Å². The summed E-state index contributed by atoms with van der Waals surface area (Å²) in [6.07, 6.45) is 0. The molecule has 0 saturated carbocycles. The molecule has 1 aliphatic heterocycles. The van der Waals surface area contributed by atoms with Crippen molar-refractivity contribution in [2.24, 2.45) is 10.2 Å². The summed E-state index contributed by atoms with van der Waals surface area (Å²) < 4.78 is 0.551. The molecule has 6 heavy (non-hydrogen) atoms. The molecule has 30 valence electrons. The van der Waals surface area contributed by atoms with Crippen molar-refractivity contribution in [3.8, 4) is 0 Å². The highest BCUT2D eigenvalue weighted by Gasteiger charge is 2.00. The third-order valence-electron chi connectivity index (χ3n) is 0.305. The van der Waals surface area contributed by atoms with Crippen molar-refractivity contribution < 1.29 is 0 Å². The molecule has 1 aliphatic rings. The van der Waals surface area contributed by atoms with Gasteiger partial charge in [-0.3, -0.25) is 0 Å². The van der Waals surface area contributed by atoms with Gasteiger partial charge in [-0.2, -0.15) is 5.11 Å². The highest BCUT2D eigenvalue weighted by atomic mass is 32.2. The van der Waals surface area contributed by atoms with Crippen LogP contribution in [0.3, 0.4) is 0 Å². The Kier molecular flexibility index (Phi) is 1.16. The molecule has 2 radical (unpaired) electrons. The maximum Gasteiger partial charge on any atom is 0.214 e. The first kappa shape index (κ1) is 4.21. The van der Waals surface area contributed by atoms with Crippen LogP contribution in [0.2, 0.25) is 0 Å². The van der Waals surface area contributed by atoms with E-state index in [0.29, 0.717) is 4.32 Å². The van der Waals surface area contributed by atoms with Crippen molar-refractivity contribution in [3.63, 3.8) is 0 Å². The number of hydrogen-bond donors (Lipinski definition) is 0. The Morgan fingerprint density at radius 3 is 2.83 bits per heavy atom. The second-order valence-corrected chi connectivity index (χ2v) is 2.08. The molecule has 0 fully saturated rings. The highest BCUT2D eigenvalue weighted by molar-refractivity contribution is 8.24. The maximum absolute atomic E-state index is 4.56. The fourth-order valence-corrected chi connectivity index (χ4v) is 0.535. The summed E-state index contributed by atoms with van der Waals surface area (Å²) in [4.78, 5) is 0. The number of thiocarbonyl (C=S) groups is 1. The van der Waals surface area contributed by atoms with Gasteiger partial charge in [0.2, 0.25) is 5.88 Å². The van der Waals surface area contributed by atoms with Crippen molar-refractivity contribution in [1.82, 2.24) is 0 Å². The van der Waals surface area contributed by atoms with Gasteiger partial charge in [0.15, 0.2) is 4.32 Å². The van der Waals surface area contributed by atoms with E-state index in [2.05, 4.69) is 28.3 Å². The van der Waals surface area contributed by atoms with Crippen LogP contribution in [0.15, 0.2) is 10.2 Å². The predicted octanol–water partition coefficient (Wildman–Crippen LogP) is 1.47. The second kappa shape index (κ2) is 1.66. The van der Waals surface area contributed by atoms with Crippen molar-refractivity contribution in [2.75, 3.05) is 0 Å². The number of hydrogen-bond acceptors (Lipinski definition) is 3. The number of rotatable bonds is 0. The zero-order chi connectivity index (χ0) is 4.41. The Morgan fingerprint density at radius 2 is 2.67 bits per heavy atom. The van der Waals surface area contributed by atoms with E-state index < -0.39 is 0 Å². The summed E-state index contributed by atoms with van der Waals surface area (Å²) in [5, 5.41) is 6.81. The molecule has 0 spiro atoms. The summed E-state index contributed by atoms with van der Waals surface area (Å²) >= 11 is 5.80. The van der Waals surface area contributed by atoms with Crippen LogP contribution in [0.25, 0.3) is 0 Å². The van der Waals surface area contributed by atoms with Crippen LogP contribution in [-0.4, -0.2) is 4.32 Å². The van der Waals surface area contributed by atoms with Crippen LogP contribution in [0.5, 0.6) is 0 Å². The molecule has 0 aromatic heterocycles. The van der Waals surface area contributed by atoms with Crippen molar-refractivity contribution >= 4 is 28.3 Å². The molecule has 1 heterocycles. The lowest BCUT2D eigenvalue weighted by Gasteiger charge is -1.68. The van der Waals surface area contributed by atoms with E-state index in [4.69, 9.17) is 0 Å². The van der Waals surface area contributed by atoms with E-state index in [1.54, 1.807) is 0 Å². The average Bonchev–Trinajstić information content (AvgIpc) is 1.86. The van der Waals surface area contributed by atoms with Gasteiger partial charge >= 0.3 is 0 Å². The molecule has 0 saturated heterocycles. The third-order valence-corrected chi connectivity index (χ3v) is 1.07. The average molecular weight is 116 g/mol. The van der Waals surface area contributed by atoms with Gasteiger partial charge in [0.1, 0.15) is 0 Å². The Bertz CT molecular complexity index is 97.7. The topological polar surface area (TPSA) is 24.7 Å². The van der Waals surface area contributed by atoms with Crippen molar-refractivity contribution in [2.45, 2.75) is 0 Å². The summed E-state index contributed by atoms with van der Waals surface area (Å²) in [5.41, 5.74) is 0. The molecule has 0 aliphatic carbocycles. The molecule has 2 nitrogen and oxygen atoms in total. The van der Waals surface area contributed by atoms with E-state index in [1.807, 2.05) is 0 Å². The Balaban J connectivity index is 2.59. The molecule has 0 amide bonds. The minimum Gasteiger partial charge on any atom is -0.161 e. The molecule has 0 aromatic rings. The molecule has 0 N–H and O–H groups in total. The van der Waals surface area contributed by atoms with Crippen molar-refractivity contribution in [3.05, 3.63) is 5.88 Å². The SMILES string of the molecule is S=C1N=N[C]S1. The van der Waals surface area contributed by atoms with E-state index in [-0.39, 0.29) is 0 Å². The minimum atomic E-state index is 0.551. The zero-order valence-electron chi connectivity index (χ0n) is 2.71. The normalized spacial score (nSPS) is 19.7. The second-order valence-electron chi connectivity index (χ2n) is 0.659. The number of azo groups is 1. The number of nitrogens with zero attached hydrogens (tertiary/aromatic N) is 2. The number of thioether (sulfide) groups is 1. The lowest BCUT2D eigenvalue weighted by Crippen LogP contribution is -1.64. The summed E-state index contributed by atoms with van der Waals surface area (Å²) in [5.74, 6) is 2.51. The van der Waals surface area contributed by atoms with Crippen LogP contribution < -0.4 is 0 Å². The van der Waals surface area contributed by atoms with E-state index in [1.165, 1.54) is 11.8 Å². The van der Waals surface area contributed by atoms with Gasteiger partial charge in [-0.1, -0.05) is 11.8 Å². The van der Waals surface area contributed by atoms with Crippen LogP contribution in [0.4, 0.5) is 0 Å². The van der Waals surface area contributed by atoms with Crippen LogP contribution in [0.1, 0.15) is 0 Å². The largest absolute Gasteiger partial charge is 0.214 e. The molecule has 0 unspecified atom stereocenters. The van der Waals surface area contributed by atoms with Gasteiger partial charge in [0.25, 0.3) is 0 Å². The molecular weight excluding hydrogens is 116 g/mol. The quantitative estimate of drug-likeness (QED) is 0.448. The Labute approximate surface area is 45.0 Å². The van der Waals surface area contributed by atoms with Crippen LogP contribution in [0, 0.1) is 5.88 Å². The lowest BCUT2D eigenvalue weighted by molar-refractivity contribution is 1.31. The van der Waals surface area contributed by atoms with Crippen LogP contribution in [-0.2, 0) is 0 Å². The Morgan fingerprint density at radius 1 is 1.83 bits per heavy atom. The first-order chi connectivity index (χ1) is 2.89. The Hall–Kier alpha value is 0.0400. The first-order valence-corrected chi connectivity index (χ1v) is 2.48. The van der Waals surface area contributed by atoms with E-state index >= 15 is 0 Å². The lowest BCUT2D eigenvalue weighted by atomic mass is 11.5. The zero-order valence-corrected chi connectivity index (χ0v) is 4.34. The van der Waals surface area contributed by atoms with Gasteiger partial charge < -0.3 is 0 Å². The molecule has 1 rings (SSSR count). The van der Waals surface area contributed by atoms with Crippen LogP contribution >= 0.6 is 24.0 Å². The predicted molar refractivity (Wildman–Crippen MR) is 28.3 cm³/mol. The van der Waals surface area contributed by atoms with E-state index in [9.17, 15) is 0 Å². The molecule has 0 bridgehead atoms. The monoisotopic (exact) mass is 116 g/mol. The first-order valence-electron chi connectivity index (χ1n) is 1.26. The molecule has 0 aromatic carbocycles. The fourth-order valence-electron chi connectivity index (χ4n) is 0.141. The summed E-state index contributed by atoms with van der Waals surface area (Å²) in [6, 6.07) is 0. The van der Waals surface area contributed by atoms with Gasteiger partial charge in [-0.25, -0.2) is 0 Å². The minimum absolute atomic E-state index is 0.551. The summed E-state index contributed by atoms with van der Waals surface area (Å²) in [7, 11) is 0. The molecule has 4 heteroatoms. The maximum atomic E-state index is 4.56. The standard InChI is InChI=1S/C2N2S2/c5-2-4-3-1-6-2. The van der Waals surface area contributed by atoms with Gasteiger partial charge in [0.05, 0.1) is 0 Å². The van der Waals surface area contributed by atoms with Gasteiger partial charge in [-0.15, -0.1) is 5.11 Å². The smallest absolute Gasteiger partial charge is 0.161 e. The van der Waals surface area contributed by atoms with E-state index in [0.717, 1.165) is 0 Å². The fraction of sp³-hybridized carbons (Fsp3) is 0. The summed E-state index contributed by atoms with van der Waals surface area (Å²) in [6.45, 7) is 0. The molecule has 0 atom stereocenters. The third kappa shape index (κ3) is 0.753. The highest BCUT2D eigenvalue weighted by Crippen LogP contribution is 2.17. The van der Waals surface area contributed by atoms with Crippen molar-refractivity contribution in [1.29, 1.82) is 0 Å².